The molecule has 0 aromatic carbocycles. The van der Waals surface area contributed by atoms with E-state index in [0.717, 1.165) is 0 Å². The number of carboxylic acid groups (broad SMARTS) is 1. The second kappa shape index (κ2) is 10.1. The molecule has 3 atom stereocenters. The summed E-state index contributed by atoms with van der Waals surface area (Å²) in [5, 5.41) is 29.6. The monoisotopic (exact) mass is 524 g/mol. The molecule has 13 nitrogen and oxygen atoms in total. The van der Waals surface area contributed by atoms with Crippen LogP contribution >= 0.6 is 34.9 Å². The van der Waals surface area contributed by atoms with Crippen molar-refractivity contribution in [2.45, 2.75) is 23.1 Å². The maximum Gasteiger partial charge on any atom is 0.313 e. The van der Waals surface area contributed by atoms with Crippen LogP contribution in [-0.4, -0.2) is 95.3 Å². The minimum atomic E-state index is -1.19. The van der Waals surface area contributed by atoms with Gasteiger partial charge in [-0.25, -0.2) is 9.67 Å². The van der Waals surface area contributed by atoms with Gasteiger partial charge in [0.1, 0.15) is 29.6 Å². The Bertz CT molecular complexity index is 1120. The molecule has 4 heterocycles. The van der Waals surface area contributed by atoms with Crippen molar-refractivity contribution in [3.63, 3.8) is 0 Å². The van der Waals surface area contributed by atoms with Crippen LogP contribution in [0.1, 0.15) is 5.69 Å². The van der Waals surface area contributed by atoms with Crippen LogP contribution in [-0.2, 0) is 25.8 Å². The number of β-lactam (4-membered cyclic amide) rings is 1. The number of fused-ring (bicyclic) bond motifs is 1. The SMILES string of the molecule is C=CCn1nnnc1SCC1(C(=O)O)CS[C@@H]2C(NC(=O)C(=NOC)c3cscn3)C(=O)N2C1. The molecule has 2 fully saturated rings. The first kappa shape index (κ1) is 24.2. The number of hydrogen-bond acceptors (Lipinski definition) is 12. The molecule has 2 saturated heterocycles. The maximum atomic E-state index is 12.8. The number of thioether (sulfide) groups is 2. The Kier molecular flexibility index (Phi) is 7.18. The summed E-state index contributed by atoms with van der Waals surface area (Å²) in [6.45, 7) is 4.07. The van der Waals surface area contributed by atoms with Crippen molar-refractivity contribution in [1.29, 1.82) is 0 Å². The number of rotatable bonds is 10. The maximum absolute atomic E-state index is 12.8. The molecule has 2 unspecified atom stereocenters. The highest BCUT2D eigenvalue weighted by atomic mass is 32.2. The number of oxime groups is 1. The summed E-state index contributed by atoms with van der Waals surface area (Å²) in [5.74, 6) is -1.52. The third-order valence-corrected chi connectivity index (χ3v) is 8.66. The van der Waals surface area contributed by atoms with Crippen LogP contribution in [0.15, 0.2) is 33.9 Å². The third kappa shape index (κ3) is 4.52. The van der Waals surface area contributed by atoms with Crippen LogP contribution < -0.4 is 5.32 Å². The first-order valence-electron chi connectivity index (χ1n) is 9.86. The average molecular weight is 525 g/mol. The van der Waals surface area contributed by atoms with E-state index in [-0.39, 0.29) is 35.0 Å². The minimum absolute atomic E-state index is 0.0202. The van der Waals surface area contributed by atoms with Gasteiger partial charge in [-0.1, -0.05) is 23.0 Å². The van der Waals surface area contributed by atoms with Gasteiger partial charge in [-0.15, -0.1) is 34.8 Å². The van der Waals surface area contributed by atoms with E-state index in [9.17, 15) is 19.5 Å². The lowest BCUT2D eigenvalue weighted by atomic mass is 9.89. The molecule has 2 aromatic rings. The fourth-order valence-corrected chi connectivity index (χ4v) is 6.76. The molecule has 0 spiro atoms. The largest absolute Gasteiger partial charge is 0.481 e. The standard InChI is InChI=1S/C18H20N8O5S3/c1-3-4-26-17(21-23-24-26)34-8-18(16(29)30)6-25-14(28)12(15(25)33-7-18)20-13(27)11(22-31-2)10-5-32-9-19-10/h3,5,9,12,15H,1,4,6-8H2,2H3,(H,20,27)(H,29,30)/t12?,15-,18?/m1/s1. The second-order valence-electron chi connectivity index (χ2n) is 7.42. The van der Waals surface area contributed by atoms with Crippen molar-refractivity contribution >= 4 is 58.4 Å². The molecule has 34 heavy (non-hydrogen) atoms. The number of hydrogen-bond donors (Lipinski definition) is 2. The van der Waals surface area contributed by atoms with Gasteiger partial charge in [-0.2, -0.15) is 0 Å². The van der Waals surface area contributed by atoms with Crippen LogP contribution in [0.25, 0.3) is 0 Å². The Balaban J connectivity index is 1.42. The van der Waals surface area contributed by atoms with E-state index in [1.807, 2.05) is 0 Å². The van der Waals surface area contributed by atoms with Crippen molar-refractivity contribution in [2.24, 2.45) is 10.6 Å². The molecule has 16 heteroatoms. The molecule has 2 N–H and O–H groups in total. The van der Waals surface area contributed by atoms with Gasteiger partial charge >= 0.3 is 5.97 Å². The van der Waals surface area contributed by atoms with Gasteiger partial charge < -0.3 is 20.2 Å². The number of amides is 2. The number of thiazole rings is 1. The first-order chi connectivity index (χ1) is 16.4. The van der Waals surface area contributed by atoms with E-state index in [1.54, 1.807) is 17.0 Å². The number of carbonyl (C=O) groups is 3. The zero-order valence-corrected chi connectivity index (χ0v) is 20.3. The first-order valence-corrected chi connectivity index (χ1v) is 12.8. The molecule has 0 bridgehead atoms. The Morgan fingerprint density at radius 1 is 1.53 bits per heavy atom. The molecule has 0 aliphatic carbocycles. The van der Waals surface area contributed by atoms with Crippen molar-refractivity contribution in [3.05, 3.63) is 29.2 Å². The molecule has 0 saturated carbocycles. The Morgan fingerprint density at radius 3 is 3.03 bits per heavy atom. The van der Waals surface area contributed by atoms with Gasteiger partial charge in [-0.3, -0.25) is 14.4 Å². The van der Waals surface area contributed by atoms with Crippen LogP contribution in [0, 0.1) is 5.41 Å². The smallest absolute Gasteiger partial charge is 0.313 e. The molecular formula is C18H20N8O5S3. The molecule has 0 radical (unpaired) electrons. The predicted octanol–water partition coefficient (Wildman–Crippen LogP) is -0.0707. The lowest BCUT2D eigenvalue weighted by Crippen LogP contribution is -2.74. The van der Waals surface area contributed by atoms with Crippen LogP contribution in [0.4, 0.5) is 0 Å². The molecule has 180 valence electrons. The zero-order chi connectivity index (χ0) is 24.3. The number of carbonyl (C=O) groups excluding carboxylic acids is 2. The van der Waals surface area contributed by atoms with Crippen molar-refractivity contribution < 1.29 is 24.3 Å². The number of aromatic nitrogens is 5. The summed E-state index contributed by atoms with van der Waals surface area (Å²) in [6, 6.07) is -0.794. The number of nitrogens with one attached hydrogen (secondary N) is 1. The van der Waals surface area contributed by atoms with Gasteiger partial charge in [0.2, 0.25) is 11.1 Å². The number of carboxylic acids is 1. The highest BCUT2D eigenvalue weighted by molar-refractivity contribution is 8.00. The van der Waals surface area contributed by atoms with E-state index in [2.05, 4.69) is 37.6 Å². The summed E-state index contributed by atoms with van der Waals surface area (Å²) in [5.41, 5.74) is 0.667. The predicted molar refractivity (Wildman–Crippen MR) is 124 cm³/mol. The van der Waals surface area contributed by atoms with Gasteiger partial charge in [0, 0.05) is 23.4 Å². The Morgan fingerprint density at radius 2 is 2.35 bits per heavy atom. The lowest BCUT2D eigenvalue weighted by molar-refractivity contribution is -0.157. The fourth-order valence-electron chi connectivity index (χ4n) is 3.48. The van der Waals surface area contributed by atoms with E-state index >= 15 is 0 Å². The van der Waals surface area contributed by atoms with Gasteiger partial charge in [0.05, 0.1) is 12.1 Å². The summed E-state index contributed by atoms with van der Waals surface area (Å²) in [7, 11) is 1.31. The molecule has 2 amide bonds. The second-order valence-corrected chi connectivity index (χ2v) is 10.2. The van der Waals surface area contributed by atoms with Crippen LogP contribution in [0.3, 0.4) is 0 Å². The van der Waals surface area contributed by atoms with E-state index in [4.69, 9.17) is 4.84 Å². The number of allylic oxidation sites excluding steroid dienone is 1. The number of nitrogens with zero attached hydrogens (tertiary/aromatic N) is 7. The van der Waals surface area contributed by atoms with E-state index < -0.39 is 23.3 Å². The minimum Gasteiger partial charge on any atom is -0.481 e. The molecule has 2 aromatic heterocycles. The highest BCUT2D eigenvalue weighted by Crippen LogP contribution is 2.44. The number of tetrazole rings is 1. The summed E-state index contributed by atoms with van der Waals surface area (Å²) in [4.78, 5) is 48.1. The van der Waals surface area contributed by atoms with Crippen LogP contribution in [0.2, 0.25) is 0 Å². The van der Waals surface area contributed by atoms with Crippen molar-refractivity contribution in [1.82, 2.24) is 35.4 Å². The zero-order valence-electron chi connectivity index (χ0n) is 17.9. The van der Waals surface area contributed by atoms with Crippen LogP contribution in [0.5, 0.6) is 0 Å². The topological polar surface area (TPSA) is 165 Å². The van der Waals surface area contributed by atoms with Gasteiger partial charge in [0.15, 0.2) is 5.71 Å². The fraction of sp³-hybridized carbons (Fsp3) is 0.444. The van der Waals surface area contributed by atoms with Gasteiger partial charge in [-0.05, 0) is 10.4 Å². The third-order valence-electron chi connectivity index (χ3n) is 5.24. The average Bonchev–Trinajstić information content (AvgIpc) is 3.52. The molecule has 4 rings (SSSR count). The highest BCUT2D eigenvalue weighted by Gasteiger charge is 2.57. The molecule has 2 aliphatic rings. The van der Waals surface area contributed by atoms with E-state index in [1.165, 1.54) is 51.6 Å². The summed E-state index contributed by atoms with van der Waals surface area (Å²) < 4.78 is 1.52. The molecular weight excluding hydrogens is 504 g/mol. The summed E-state index contributed by atoms with van der Waals surface area (Å²) in [6.07, 6.45) is 1.64. The lowest BCUT2D eigenvalue weighted by Gasteiger charge is -2.53. The molecule has 2 aliphatic heterocycles. The summed E-state index contributed by atoms with van der Waals surface area (Å²) >= 11 is 3.83. The van der Waals surface area contributed by atoms with Crippen molar-refractivity contribution in [3.8, 4) is 0 Å². The Hall–Kier alpha value is -2.98. The van der Waals surface area contributed by atoms with Crippen molar-refractivity contribution in [2.75, 3.05) is 25.2 Å². The quantitative estimate of drug-likeness (QED) is 0.140. The number of aliphatic carboxylic acids is 1. The Labute approximate surface area is 206 Å². The van der Waals surface area contributed by atoms with E-state index in [0.29, 0.717) is 17.4 Å². The van der Waals surface area contributed by atoms with Gasteiger partial charge in [0.25, 0.3) is 5.91 Å². The normalized spacial score (nSPS) is 24.2.